The first-order chi connectivity index (χ1) is 11.7. The summed E-state index contributed by atoms with van der Waals surface area (Å²) in [5.74, 6) is 0.264. The van der Waals surface area contributed by atoms with Crippen molar-refractivity contribution in [2.24, 2.45) is 0 Å². The molecule has 0 fully saturated rings. The van der Waals surface area contributed by atoms with Crippen LogP contribution in [0.25, 0.3) is 5.57 Å². The van der Waals surface area contributed by atoms with E-state index in [0.717, 1.165) is 31.4 Å². The summed E-state index contributed by atoms with van der Waals surface area (Å²) in [5, 5.41) is 8.68. The van der Waals surface area contributed by atoms with Crippen molar-refractivity contribution < 1.29 is 14.3 Å². The third kappa shape index (κ3) is 10.3. The highest BCUT2D eigenvalue weighted by molar-refractivity contribution is 5.66. The maximum Gasteiger partial charge on any atom is 0.303 e. The van der Waals surface area contributed by atoms with Gasteiger partial charge in [-0.05, 0) is 49.8 Å². The molecule has 1 heterocycles. The van der Waals surface area contributed by atoms with E-state index in [1.54, 1.807) is 6.26 Å². The number of hydrogen-bond donors (Lipinski definition) is 1. The minimum Gasteiger partial charge on any atom is -0.481 e. The highest BCUT2D eigenvalue weighted by atomic mass is 16.4. The van der Waals surface area contributed by atoms with E-state index < -0.39 is 5.97 Å². The molecule has 0 radical (unpaired) electrons. The van der Waals surface area contributed by atoms with Gasteiger partial charge in [-0.25, -0.2) is 0 Å². The van der Waals surface area contributed by atoms with Gasteiger partial charge in [0.05, 0.1) is 6.26 Å². The Kier molecular flexibility index (Phi) is 11.9. The van der Waals surface area contributed by atoms with Crippen LogP contribution in [0.1, 0.15) is 96.2 Å². The summed E-state index contributed by atoms with van der Waals surface area (Å²) >= 11 is 0. The van der Waals surface area contributed by atoms with Gasteiger partial charge in [-0.2, -0.15) is 0 Å². The molecule has 0 saturated carbocycles. The summed E-state index contributed by atoms with van der Waals surface area (Å²) in [5.41, 5.74) is 1.28. The molecular weight excluding hydrogens is 300 g/mol. The molecule has 0 saturated heterocycles. The van der Waals surface area contributed by atoms with Gasteiger partial charge in [0.15, 0.2) is 0 Å². The van der Waals surface area contributed by atoms with E-state index in [4.69, 9.17) is 9.52 Å². The quantitative estimate of drug-likeness (QED) is 0.357. The Balaban J connectivity index is 2.24. The van der Waals surface area contributed by atoms with E-state index in [2.05, 4.69) is 13.0 Å². The third-order valence-electron chi connectivity index (χ3n) is 4.37. The number of hydrogen-bond acceptors (Lipinski definition) is 2. The van der Waals surface area contributed by atoms with Crippen molar-refractivity contribution in [2.45, 2.75) is 90.4 Å². The zero-order chi connectivity index (χ0) is 17.5. The Morgan fingerprint density at radius 1 is 1.00 bits per heavy atom. The molecule has 1 aromatic rings. The molecule has 0 atom stereocenters. The molecule has 1 aromatic heterocycles. The standard InChI is InChI=1S/C21H34O3/c1-2-3-4-5-6-7-8-10-14-19(20-16-13-18-24-20)15-11-9-12-17-21(22)23/h13,15-16,18H,2-12,14,17H2,1H3,(H,22,23). The van der Waals surface area contributed by atoms with Crippen LogP contribution in [-0.4, -0.2) is 11.1 Å². The molecular formula is C21H34O3. The van der Waals surface area contributed by atoms with E-state index in [1.165, 1.54) is 56.9 Å². The van der Waals surface area contributed by atoms with Gasteiger partial charge in [0.2, 0.25) is 0 Å². The Morgan fingerprint density at radius 3 is 2.29 bits per heavy atom. The van der Waals surface area contributed by atoms with Gasteiger partial charge in [0, 0.05) is 6.42 Å². The molecule has 136 valence electrons. The van der Waals surface area contributed by atoms with Crippen LogP contribution in [0, 0.1) is 0 Å². The average molecular weight is 334 g/mol. The van der Waals surface area contributed by atoms with E-state index >= 15 is 0 Å². The zero-order valence-electron chi connectivity index (χ0n) is 15.3. The maximum atomic E-state index is 10.5. The second-order valence-corrected chi connectivity index (χ2v) is 6.57. The van der Waals surface area contributed by atoms with Gasteiger partial charge in [0.25, 0.3) is 0 Å². The van der Waals surface area contributed by atoms with Crippen LogP contribution in [0.2, 0.25) is 0 Å². The molecule has 3 nitrogen and oxygen atoms in total. The van der Waals surface area contributed by atoms with Gasteiger partial charge in [-0.3, -0.25) is 4.79 Å². The maximum absolute atomic E-state index is 10.5. The zero-order valence-corrected chi connectivity index (χ0v) is 15.3. The number of allylic oxidation sites excluding steroid dienone is 2. The lowest BCUT2D eigenvalue weighted by Crippen LogP contribution is -1.93. The Bertz CT molecular complexity index is 446. The third-order valence-corrected chi connectivity index (χ3v) is 4.37. The first-order valence-corrected chi connectivity index (χ1v) is 9.68. The fourth-order valence-electron chi connectivity index (χ4n) is 2.93. The minimum absolute atomic E-state index is 0.266. The van der Waals surface area contributed by atoms with Crippen molar-refractivity contribution in [1.82, 2.24) is 0 Å². The van der Waals surface area contributed by atoms with Crippen LogP contribution in [0.15, 0.2) is 28.9 Å². The smallest absolute Gasteiger partial charge is 0.303 e. The number of furan rings is 1. The molecule has 24 heavy (non-hydrogen) atoms. The van der Waals surface area contributed by atoms with Gasteiger partial charge in [-0.1, -0.05) is 57.9 Å². The van der Waals surface area contributed by atoms with Crippen molar-refractivity contribution in [3.8, 4) is 0 Å². The SMILES string of the molecule is CCCCCCCCCCC(=CCCCCC(=O)O)c1ccco1. The molecule has 3 heteroatoms. The molecule has 0 amide bonds. The summed E-state index contributed by atoms with van der Waals surface area (Å²) < 4.78 is 5.55. The van der Waals surface area contributed by atoms with Crippen LogP contribution < -0.4 is 0 Å². The number of carbonyl (C=O) groups is 1. The van der Waals surface area contributed by atoms with Crippen LogP contribution in [-0.2, 0) is 4.79 Å². The average Bonchev–Trinajstić information content (AvgIpc) is 3.09. The highest BCUT2D eigenvalue weighted by Gasteiger charge is 2.05. The van der Waals surface area contributed by atoms with E-state index in [-0.39, 0.29) is 6.42 Å². The Labute approximate surface area is 147 Å². The second kappa shape index (κ2) is 13.9. The van der Waals surface area contributed by atoms with Gasteiger partial charge in [0.1, 0.15) is 5.76 Å². The summed E-state index contributed by atoms with van der Waals surface area (Å²) in [6, 6.07) is 3.95. The van der Waals surface area contributed by atoms with Crippen molar-refractivity contribution in [2.75, 3.05) is 0 Å². The number of rotatable bonds is 15. The van der Waals surface area contributed by atoms with Crippen LogP contribution >= 0.6 is 0 Å². The van der Waals surface area contributed by atoms with Crippen molar-refractivity contribution in [1.29, 1.82) is 0 Å². The normalized spacial score (nSPS) is 11.8. The highest BCUT2D eigenvalue weighted by Crippen LogP contribution is 2.23. The molecule has 0 unspecified atom stereocenters. The Morgan fingerprint density at radius 2 is 1.67 bits per heavy atom. The molecule has 0 aliphatic carbocycles. The van der Waals surface area contributed by atoms with Crippen molar-refractivity contribution in [3.63, 3.8) is 0 Å². The lowest BCUT2D eigenvalue weighted by Gasteiger charge is -2.06. The van der Waals surface area contributed by atoms with Crippen LogP contribution in [0.5, 0.6) is 0 Å². The van der Waals surface area contributed by atoms with Gasteiger partial charge in [-0.15, -0.1) is 0 Å². The van der Waals surface area contributed by atoms with E-state index in [0.29, 0.717) is 0 Å². The minimum atomic E-state index is -0.704. The summed E-state index contributed by atoms with van der Waals surface area (Å²) in [4.78, 5) is 10.5. The molecule has 0 bridgehead atoms. The Hall–Kier alpha value is -1.51. The predicted molar refractivity (Wildman–Crippen MR) is 100 cm³/mol. The summed E-state index contributed by atoms with van der Waals surface area (Å²) in [6.07, 6.45) is 18.5. The first kappa shape index (κ1) is 20.5. The van der Waals surface area contributed by atoms with Gasteiger partial charge < -0.3 is 9.52 Å². The van der Waals surface area contributed by atoms with Crippen LogP contribution in [0.3, 0.4) is 0 Å². The monoisotopic (exact) mass is 334 g/mol. The van der Waals surface area contributed by atoms with Crippen molar-refractivity contribution >= 4 is 11.5 Å². The second-order valence-electron chi connectivity index (χ2n) is 6.57. The van der Waals surface area contributed by atoms with Crippen LogP contribution in [0.4, 0.5) is 0 Å². The molecule has 1 N–H and O–H groups in total. The fourth-order valence-corrected chi connectivity index (χ4v) is 2.93. The number of unbranched alkanes of at least 4 members (excludes halogenated alkanes) is 9. The summed E-state index contributed by atoms with van der Waals surface area (Å²) in [7, 11) is 0. The van der Waals surface area contributed by atoms with Gasteiger partial charge >= 0.3 is 5.97 Å². The van der Waals surface area contributed by atoms with E-state index in [1.807, 2.05) is 12.1 Å². The number of carboxylic acids is 1. The number of carboxylic acid groups (broad SMARTS) is 1. The first-order valence-electron chi connectivity index (χ1n) is 9.68. The molecule has 1 rings (SSSR count). The predicted octanol–water partition coefficient (Wildman–Crippen LogP) is 6.84. The molecule has 0 aliphatic rings. The topological polar surface area (TPSA) is 50.4 Å². The largest absolute Gasteiger partial charge is 0.481 e. The summed E-state index contributed by atoms with van der Waals surface area (Å²) in [6.45, 7) is 2.25. The number of aliphatic carboxylic acids is 1. The van der Waals surface area contributed by atoms with E-state index in [9.17, 15) is 4.79 Å². The molecule has 0 aromatic carbocycles. The fraction of sp³-hybridized carbons (Fsp3) is 0.667. The molecule has 0 aliphatic heterocycles. The lowest BCUT2D eigenvalue weighted by atomic mass is 10.0. The van der Waals surface area contributed by atoms with Crippen molar-refractivity contribution in [3.05, 3.63) is 30.2 Å². The molecule has 0 spiro atoms. The lowest BCUT2D eigenvalue weighted by molar-refractivity contribution is -0.137.